The lowest BCUT2D eigenvalue weighted by atomic mass is 9.93. The molecule has 0 radical (unpaired) electrons. The Kier molecular flexibility index (Phi) is 4.28. The Morgan fingerprint density at radius 3 is 2.72 bits per heavy atom. The highest BCUT2D eigenvalue weighted by Crippen LogP contribution is 2.39. The molecule has 0 aromatic heterocycles. The summed E-state index contributed by atoms with van der Waals surface area (Å²) in [6.45, 7) is 6.74. The van der Waals surface area contributed by atoms with Crippen LogP contribution in [0.3, 0.4) is 0 Å². The second-order valence-electron chi connectivity index (χ2n) is 5.32. The Balaban J connectivity index is 2.28. The zero-order chi connectivity index (χ0) is 13.1. The van der Waals surface area contributed by atoms with Gasteiger partial charge >= 0.3 is 0 Å². The maximum absolute atomic E-state index is 6.06. The molecule has 18 heavy (non-hydrogen) atoms. The summed E-state index contributed by atoms with van der Waals surface area (Å²) in [5.41, 5.74) is 2.77. The third kappa shape index (κ3) is 2.39. The van der Waals surface area contributed by atoms with Crippen LogP contribution in [0, 0.1) is 0 Å². The van der Waals surface area contributed by atoms with Crippen LogP contribution in [0.2, 0.25) is 0 Å². The van der Waals surface area contributed by atoms with Gasteiger partial charge in [-0.3, -0.25) is 0 Å². The number of benzene rings is 1. The van der Waals surface area contributed by atoms with E-state index in [-0.39, 0.29) is 0 Å². The van der Waals surface area contributed by atoms with Crippen molar-refractivity contribution in [2.45, 2.75) is 58.1 Å². The van der Waals surface area contributed by atoms with Gasteiger partial charge in [0.1, 0.15) is 11.9 Å². The molecule has 3 unspecified atom stereocenters. The minimum Gasteiger partial charge on any atom is -0.488 e. The number of ether oxygens (including phenoxy) is 1. The first-order chi connectivity index (χ1) is 8.71. The predicted octanol–water partition coefficient (Wildman–Crippen LogP) is 4.02. The molecule has 1 heterocycles. The van der Waals surface area contributed by atoms with Crippen LogP contribution < -0.4 is 10.1 Å². The minimum atomic E-state index is 0.294. The van der Waals surface area contributed by atoms with Crippen LogP contribution in [0.1, 0.15) is 63.1 Å². The van der Waals surface area contributed by atoms with Gasteiger partial charge in [0.25, 0.3) is 0 Å². The molecule has 0 saturated carbocycles. The maximum atomic E-state index is 6.06. The first-order valence-electron chi connectivity index (χ1n) is 7.19. The summed E-state index contributed by atoms with van der Waals surface area (Å²) in [6.07, 6.45) is 3.75. The number of fused-ring (bicyclic) bond motifs is 1. The number of rotatable bonds is 5. The summed E-state index contributed by atoms with van der Waals surface area (Å²) in [4.78, 5) is 0. The Bertz CT molecular complexity index is 402. The molecule has 0 bridgehead atoms. The van der Waals surface area contributed by atoms with E-state index in [1.165, 1.54) is 17.5 Å². The fourth-order valence-electron chi connectivity index (χ4n) is 2.74. The molecule has 3 atom stereocenters. The molecule has 1 aromatic rings. The first kappa shape index (κ1) is 13.4. The second-order valence-corrected chi connectivity index (χ2v) is 5.32. The molecule has 2 nitrogen and oxygen atoms in total. The van der Waals surface area contributed by atoms with Gasteiger partial charge in [-0.15, -0.1) is 0 Å². The van der Waals surface area contributed by atoms with Crippen molar-refractivity contribution in [1.29, 1.82) is 0 Å². The number of hydrogen-bond donors (Lipinski definition) is 1. The highest BCUT2D eigenvalue weighted by atomic mass is 16.5. The van der Waals surface area contributed by atoms with Gasteiger partial charge < -0.3 is 10.1 Å². The fourth-order valence-corrected chi connectivity index (χ4v) is 2.74. The normalized spacial score (nSPS) is 23.6. The third-order valence-electron chi connectivity index (χ3n) is 4.08. The molecule has 1 aliphatic rings. The molecule has 1 aliphatic heterocycles. The molecule has 0 aliphatic carbocycles. The zero-order valence-corrected chi connectivity index (χ0v) is 12.0. The number of hydrogen-bond acceptors (Lipinski definition) is 2. The van der Waals surface area contributed by atoms with Crippen molar-refractivity contribution in [2.75, 3.05) is 7.05 Å². The smallest absolute Gasteiger partial charge is 0.124 e. The van der Waals surface area contributed by atoms with Crippen LogP contribution in [0.15, 0.2) is 18.2 Å². The number of nitrogens with one attached hydrogen (secondary N) is 1. The van der Waals surface area contributed by atoms with E-state index in [9.17, 15) is 0 Å². The van der Waals surface area contributed by atoms with Crippen molar-refractivity contribution in [3.8, 4) is 5.75 Å². The Hall–Kier alpha value is -1.02. The molecule has 1 aromatic carbocycles. The summed E-state index contributed by atoms with van der Waals surface area (Å²) in [5, 5.41) is 3.41. The summed E-state index contributed by atoms with van der Waals surface area (Å²) in [5.74, 6) is 1.69. The molecule has 2 heteroatoms. The largest absolute Gasteiger partial charge is 0.488 e. The summed E-state index contributed by atoms with van der Waals surface area (Å²) in [7, 11) is 2.03. The lowest BCUT2D eigenvalue weighted by Gasteiger charge is -2.18. The van der Waals surface area contributed by atoms with Gasteiger partial charge in [0.05, 0.1) is 6.04 Å². The van der Waals surface area contributed by atoms with Crippen LogP contribution in [-0.4, -0.2) is 13.2 Å². The van der Waals surface area contributed by atoms with E-state index >= 15 is 0 Å². The van der Waals surface area contributed by atoms with Crippen LogP contribution in [0.4, 0.5) is 0 Å². The van der Waals surface area contributed by atoms with E-state index in [2.05, 4.69) is 44.3 Å². The molecule has 0 spiro atoms. The van der Waals surface area contributed by atoms with E-state index in [0.717, 1.165) is 18.6 Å². The minimum absolute atomic E-state index is 0.294. The van der Waals surface area contributed by atoms with Crippen LogP contribution in [0.25, 0.3) is 0 Å². The monoisotopic (exact) mass is 247 g/mol. The van der Waals surface area contributed by atoms with Gasteiger partial charge in [-0.05, 0) is 37.4 Å². The molecule has 0 amide bonds. The first-order valence-corrected chi connectivity index (χ1v) is 7.19. The van der Waals surface area contributed by atoms with E-state index in [1.807, 2.05) is 7.05 Å². The van der Waals surface area contributed by atoms with Crippen molar-refractivity contribution < 1.29 is 4.74 Å². The average molecular weight is 247 g/mol. The van der Waals surface area contributed by atoms with E-state index in [0.29, 0.717) is 18.1 Å². The third-order valence-corrected chi connectivity index (χ3v) is 4.08. The van der Waals surface area contributed by atoms with Crippen molar-refractivity contribution in [2.24, 2.45) is 0 Å². The van der Waals surface area contributed by atoms with E-state index in [1.54, 1.807) is 0 Å². The molecular weight excluding hydrogens is 222 g/mol. The van der Waals surface area contributed by atoms with Crippen molar-refractivity contribution >= 4 is 0 Å². The van der Waals surface area contributed by atoms with Gasteiger partial charge in [-0.1, -0.05) is 39.3 Å². The van der Waals surface area contributed by atoms with Gasteiger partial charge in [0.2, 0.25) is 0 Å². The van der Waals surface area contributed by atoms with E-state index in [4.69, 9.17) is 4.74 Å². The second kappa shape index (κ2) is 5.75. The SMILES string of the molecule is CCCC1Oc2ccc(C(C)CC)cc2C1NC. The molecular formula is C16H25NO. The lowest BCUT2D eigenvalue weighted by molar-refractivity contribution is 0.182. The van der Waals surface area contributed by atoms with Crippen molar-refractivity contribution in [1.82, 2.24) is 5.32 Å². The van der Waals surface area contributed by atoms with Crippen molar-refractivity contribution in [3.63, 3.8) is 0 Å². The zero-order valence-electron chi connectivity index (χ0n) is 12.0. The Labute approximate surface area is 111 Å². The Morgan fingerprint density at radius 1 is 1.33 bits per heavy atom. The molecule has 0 fully saturated rings. The van der Waals surface area contributed by atoms with E-state index < -0.39 is 0 Å². The molecule has 2 rings (SSSR count). The topological polar surface area (TPSA) is 21.3 Å². The predicted molar refractivity (Wildman–Crippen MR) is 76.3 cm³/mol. The van der Waals surface area contributed by atoms with Gasteiger partial charge in [0.15, 0.2) is 0 Å². The highest BCUT2D eigenvalue weighted by molar-refractivity contribution is 5.44. The molecule has 1 N–H and O–H groups in total. The van der Waals surface area contributed by atoms with Crippen LogP contribution >= 0.6 is 0 Å². The summed E-state index contributed by atoms with van der Waals surface area (Å²) >= 11 is 0. The summed E-state index contributed by atoms with van der Waals surface area (Å²) in [6, 6.07) is 7.05. The van der Waals surface area contributed by atoms with Crippen molar-refractivity contribution in [3.05, 3.63) is 29.3 Å². The lowest BCUT2D eigenvalue weighted by Crippen LogP contribution is -2.28. The van der Waals surface area contributed by atoms with Gasteiger partial charge in [-0.2, -0.15) is 0 Å². The highest BCUT2D eigenvalue weighted by Gasteiger charge is 2.32. The number of likely N-dealkylation sites (N-methyl/N-ethyl adjacent to an activating group) is 1. The van der Waals surface area contributed by atoms with Crippen LogP contribution in [0.5, 0.6) is 5.75 Å². The fraction of sp³-hybridized carbons (Fsp3) is 0.625. The average Bonchev–Trinajstić information content (AvgIpc) is 2.74. The maximum Gasteiger partial charge on any atom is 0.124 e. The Morgan fingerprint density at radius 2 is 2.11 bits per heavy atom. The van der Waals surface area contributed by atoms with Gasteiger partial charge in [-0.25, -0.2) is 0 Å². The standard InChI is InChI=1S/C16H25NO/c1-5-7-15-16(17-4)13-10-12(11(3)6-2)8-9-14(13)18-15/h8-11,15-17H,5-7H2,1-4H3. The van der Waals surface area contributed by atoms with Crippen LogP contribution in [-0.2, 0) is 0 Å². The molecule has 0 saturated heterocycles. The molecule has 100 valence electrons. The summed E-state index contributed by atoms with van der Waals surface area (Å²) < 4.78 is 6.06. The van der Waals surface area contributed by atoms with Gasteiger partial charge in [0, 0.05) is 5.56 Å². The quantitative estimate of drug-likeness (QED) is 0.848.